The van der Waals surface area contributed by atoms with Crippen LogP contribution in [0.25, 0.3) is 0 Å². The van der Waals surface area contributed by atoms with Crippen molar-refractivity contribution in [3.05, 3.63) is 21.3 Å². The average molecular weight is 314 g/mol. The summed E-state index contributed by atoms with van der Waals surface area (Å²) in [5.74, 6) is 1.82. The largest absolute Gasteiger partial charge is 0.369 e. The van der Waals surface area contributed by atoms with Crippen LogP contribution in [-0.4, -0.2) is 23.5 Å². The topological polar surface area (TPSA) is 24.9 Å². The predicted octanol–water partition coefficient (Wildman–Crippen LogP) is 4.99. The molecule has 0 saturated carbocycles. The number of hydrogen-bond donors (Lipinski definition) is 1. The molecule has 0 aliphatic carbocycles. The van der Waals surface area contributed by atoms with Crippen LogP contribution >= 0.6 is 46.6 Å². The number of aromatic nitrogens is 1. The highest BCUT2D eigenvalue weighted by Gasteiger charge is 2.06. The molecule has 0 spiro atoms. The minimum absolute atomic E-state index is 0.279. The molecule has 0 radical (unpaired) electrons. The van der Waals surface area contributed by atoms with Crippen molar-refractivity contribution in [3.63, 3.8) is 0 Å². The maximum absolute atomic E-state index is 5.99. The molecule has 1 heterocycles. The van der Waals surface area contributed by atoms with Crippen LogP contribution in [0, 0.1) is 0 Å². The van der Waals surface area contributed by atoms with Gasteiger partial charge in [0.05, 0.1) is 10.0 Å². The molecule has 96 valence electrons. The Bertz CT molecular complexity index is 361. The van der Waals surface area contributed by atoms with Crippen molar-refractivity contribution in [3.8, 4) is 0 Å². The summed E-state index contributed by atoms with van der Waals surface area (Å²) in [7, 11) is 0. The van der Waals surface area contributed by atoms with Gasteiger partial charge in [0.1, 0.15) is 11.0 Å². The predicted molar refractivity (Wildman–Crippen MR) is 80.0 cm³/mol. The normalized spacial score (nSPS) is 10.6. The summed E-state index contributed by atoms with van der Waals surface area (Å²) >= 11 is 19.5. The molecular formula is C11H15Cl3N2S. The Balaban J connectivity index is 2.34. The molecule has 0 aromatic carbocycles. The van der Waals surface area contributed by atoms with Crippen LogP contribution in [0.3, 0.4) is 0 Å². The lowest BCUT2D eigenvalue weighted by molar-refractivity contribution is 0.748. The quantitative estimate of drug-likeness (QED) is 0.567. The van der Waals surface area contributed by atoms with Crippen LogP contribution in [0.5, 0.6) is 0 Å². The van der Waals surface area contributed by atoms with E-state index in [1.165, 1.54) is 18.6 Å². The summed E-state index contributed by atoms with van der Waals surface area (Å²) < 4.78 is 0. The molecule has 0 aliphatic rings. The first-order chi connectivity index (χ1) is 8.15. The second-order valence-electron chi connectivity index (χ2n) is 3.57. The van der Waals surface area contributed by atoms with Crippen molar-refractivity contribution in [1.29, 1.82) is 0 Å². The summed E-state index contributed by atoms with van der Waals surface area (Å²) in [5.41, 5.74) is 0. The molecule has 0 unspecified atom stereocenters. The molecule has 1 aromatic rings. The zero-order valence-corrected chi connectivity index (χ0v) is 12.7. The smallest absolute Gasteiger partial charge is 0.150 e. The van der Waals surface area contributed by atoms with E-state index in [9.17, 15) is 0 Å². The van der Waals surface area contributed by atoms with Crippen LogP contribution in [0.2, 0.25) is 15.2 Å². The minimum atomic E-state index is 0.279. The standard InChI is InChI=1S/C11H15Cl3N2S/c1-17-6-4-2-3-5-15-11-9(13)7-8(12)10(14)16-11/h7H,2-6H2,1H3,(H,15,16). The van der Waals surface area contributed by atoms with Gasteiger partial charge in [-0.2, -0.15) is 11.8 Å². The second-order valence-corrected chi connectivity index (χ2v) is 5.73. The molecule has 1 aromatic heterocycles. The van der Waals surface area contributed by atoms with Crippen molar-refractivity contribution < 1.29 is 0 Å². The first-order valence-corrected chi connectivity index (χ1v) is 7.92. The van der Waals surface area contributed by atoms with Gasteiger partial charge in [-0.05, 0) is 30.9 Å². The van der Waals surface area contributed by atoms with E-state index in [2.05, 4.69) is 16.6 Å². The van der Waals surface area contributed by atoms with Gasteiger partial charge in [0.25, 0.3) is 0 Å². The zero-order valence-electron chi connectivity index (χ0n) is 9.60. The SMILES string of the molecule is CSCCCCCNc1nc(Cl)c(Cl)cc1Cl. The number of anilines is 1. The molecule has 0 atom stereocenters. The Kier molecular flexibility index (Phi) is 7.44. The van der Waals surface area contributed by atoms with Crippen molar-refractivity contribution in [2.75, 3.05) is 23.9 Å². The van der Waals surface area contributed by atoms with E-state index in [0.29, 0.717) is 15.9 Å². The number of hydrogen-bond acceptors (Lipinski definition) is 3. The Morgan fingerprint density at radius 2 is 1.94 bits per heavy atom. The van der Waals surface area contributed by atoms with Crippen molar-refractivity contribution >= 4 is 52.4 Å². The van der Waals surface area contributed by atoms with Gasteiger partial charge < -0.3 is 5.32 Å². The Morgan fingerprint density at radius 1 is 1.18 bits per heavy atom. The molecule has 0 saturated heterocycles. The number of nitrogens with one attached hydrogen (secondary N) is 1. The molecule has 0 bridgehead atoms. The summed E-state index contributed by atoms with van der Waals surface area (Å²) in [4.78, 5) is 4.09. The second kappa shape index (κ2) is 8.30. The highest BCUT2D eigenvalue weighted by molar-refractivity contribution is 7.98. The van der Waals surface area contributed by atoms with E-state index in [4.69, 9.17) is 34.8 Å². The molecule has 1 rings (SSSR count). The Hall–Kier alpha value is 0.170. The van der Waals surface area contributed by atoms with E-state index in [-0.39, 0.29) is 5.15 Å². The first kappa shape index (κ1) is 15.2. The molecular weight excluding hydrogens is 299 g/mol. The van der Waals surface area contributed by atoms with Crippen LogP contribution in [-0.2, 0) is 0 Å². The maximum Gasteiger partial charge on any atom is 0.150 e. The third-order valence-electron chi connectivity index (χ3n) is 2.20. The lowest BCUT2D eigenvalue weighted by atomic mass is 10.2. The summed E-state index contributed by atoms with van der Waals surface area (Å²) in [6.45, 7) is 0.846. The first-order valence-electron chi connectivity index (χ1n) is 5.39. The number of unbranched alkanes of at least 4 members (excludes halogenated alkanes) is 2. The fourth-order valence-electron chi connectivity index (χ4n) is 1.32. The summed E-state index contributed by atoms with van der Waals surface area (Å²) in [5, 5.41) is 4.32. The molecule has 0 aliphatic heterocycles. The van der Waals surface area contributed by atoms with Crippen LogP contribution in [0.1, 0.15) is 19.3 Å². The lowest BCUT2D eigenvalue weighted by Crippen LogP contribution is -2.04. The van der Waals surface area contributed by atoms with Gasteiger partial charge in [-0.3, -0.25) is 0 Å². The van der Waals surface area contributed by atoms with Crippen molar-refractivity contribution in [1.82, 2.24) is 4.98 Å². The zero-order chi connectivity index (χ0) is 12.7. The third-order valence-corrected chi connectivity index (χ3v) is 3.86. The van der Waals surface area contributed by atoms with Crippen molar-refractivity contribution in [2.24, 2.45) is 0 Å². The minimum Gasteiger partial charge on any atom is -0.369 e. The van der Waals surface area contributed by atoms with Gasteiger partial charge in [0.2, 0.25) is 0 Å². The third kappa shape index (κ3) is 5.56. The van der Waals surface area contributed by atoms with Crippen LogP contribution in [0.4, 0.5) is 5.82 Å². The number of pyridine rings is 1. The molecule has 17 heavy (non-hydrogen) atoms. The van der Waals surface area contributed by atoms with Gasteiger partial charge in [-0.25, -0.2) is 4.98 Å². The highest BCUT2D eigenvalue weighted by Crippen LogP contribution is 2.28. The van der Waals surface area contributed by atoms with E-state index in [1.807, 2.05) is 11.8 Å². The van der Waals surface area contributed by atoms with Gasteiger partial charge in [0, 0.05) is 6.54 Å². The van der Waals surface area contributed by atoms with Gasteiger partial charge >= 0.3 is 0 Å². The van der Waals surface area contributed by atoms with Gasteiger partial charge in [-0.1, -0.05) is 41.2 Å². The van der Waals surface area contributed by atoms with E-state index < -0.39 is 0 Å². The van der Waals surface area contributed by atoms with E-state index in [0.717, 1.165) is 13.0 Å². The fourth-order valence-corrected chi connectivity index (χ4v) is 2.38. The van der Waals surface area contributed by atoms with Gasteiger partial charge in [-0.15, -0.1) is 0 Å². The lowest BCUT2D eigenvalue weighted by Gasteiger charge is -2.08. The van der Waals surface area contributed by atoms with Crippen molar-refractivity contribution in [2.45, 2.75) is 19.3 Å². The van der Waals surface area contributed by atoms with E-state index in [1.54, 1.807) is 6.07 Å². The van der Waals surface area contributed by atoms with E-state index >= 15 is 0 Å². The molecule has 1 N–H and O–H groups in total. The van der Waals surface area contributed by atoms with Crippen LogP contribution in [0.15, 0.2) is 6.07 Å². The highest BCUT2D eigenvalue weighted by atomic mass is 35.5. The number of halogens is 3. The number of rotatable bonds is 7. The molecule has 0 fully saturated rings. The number of nitrogens with zero attached hydrogens (tertiary/aromatic N) is 1. The summed E-state index contributed by atoms with van der Waals surface area (Å²) in [6, 6.07) is 1.61. The Morgan fingerprint density at radius 3 is 2.65 bits per heavy atom. The Labute approximate surface area is 121 Å². The molecule has 0 amide bonds. The summed E-state index contributed by atoms with van der Waals surface area (Å²) in [6.07, 6.45) is 5.66. The monoisotopic (exact) mass is 312 g/mol. The fraction of sp³-hybridized carbons (Fsp3) is 0.545. The molecule has 2 nitrogen and oxygen atoms in total. The molecule has 6 heteroatoms. The van der Waals surface area contributed by atoms with Gasteiger partial charge in [0.15, 0.2) is 0 Å². The van der Waals surface area contributed by atoms with Crippen LogP contribution < -0.4 is 5.32 Å². The average Bonchev–Trinajstić information content (AvgIpc) is 2.30. The maximum atomic E-state index is 5.99. The number of thioether (sulfide) groups is 1.